The topological polar surface area (TPSA) is 77.4 Å². The number of sulfonamides is 1. The Bertz CT molecular complexity index is 1650. The Morgan fingerprint density at radius 2 is 1.72 bits per heavy atom. The van der Waals surface area contributed by atoms with E-state index in [1.165, 1.54) is 18.2 Å². The van der Waals surface area contributed by atoms with E-state index in [9.17, 15) is 30.8 Å². The van der Waals surface area contributed by atoms with Crippen molar-refractivity contribution in [3.8, 4) is 11.5 Å². The van der Waals surface area contributed by atoms with Crippen molar-refractivity contribution in [2.75, 3.05) is 0 Å². The first kappa shape index (κ1) is 25.3. The molecule has 0 fully saturated rings. The zero-order chi connectivity index (χ0) is 26.2. The normalized spacial score (nSPS) is 11.8. The van der Waals surface area contributed by atoms with Crippen molar-refractivity contribution in [3.63, 3.8) is 0 Å². The molecule has 0 bridgehead atoms. The molecule has 4 rings (SSSR count). The minimum Gasteiger partial charge on any atom is -0.455 e. The maximum Gasteiger partial charge on any atom is 0.267 e. The summed E-state index contributed by atoms with van der Waals surface area (Å²) in [4.78, 5) is 11.1. The molecule has 0 atom stereocenters. The van der Waals surface area contributed by atoms with Crippen molar-refractivity contribution in [3.05, 3.63) is 94.7 Å². The second-order valence-electron chi connectivity index (χ2n) is 7.52. The number of benzene rings is 3. The third-order valence-electron chi connectivity index (χ3n) is 5.03. The van der Waals surface area contributed by atoms with Gasteiger partial charge in [-0.25, -0.2) is 30.7 Å². The molecule has 0 unspecified atom stereocenters. The number of nitrogens with one attached hydrogen (secondary N) is 1. The summed E-state index contributed by atoms with van der Waals surface area (Å²) >= 11 is 6.05. The molecular formula is C24H15ClF4N2O4S. The zero-order valence-electron chi connectivity index (χ0n) is 18.2. The number of carbonyl (C=O) groups excluding carboxylic acids is 1. The fraction of sp³-hybridized carbons (Fsp3) is 0.0417. The summed E-state index contributed by atoms with van der Waals surface area (Å²) in [5, 5.41) is 0.563. The van der Waals surface area contributed by atoms with Gasteiger partial charge in [-0.05, 0) is 36.4 Å². The van der Waals surface area contributed by atoms with Crippen LogP contribution in [0, 0.1) is 23.3 Å². The van der Waals surface area contributed by atoms with Crippen LogP contribution < -0.4 is 9.46 Å². The molecule has 0 aliphatic heterocycles. The molecule has 0 radical (unpaired) electrons. The molecule has 0 aliphatic rings. The fourth-order valence-electron chi connectivity index (χ4n) is 3.43. The number of fused-ring (bicyclic) bond motifs is 1. The highest BCUT2D eigenvalue weighted by atomic mass is 35.5. The van der Waals surface area contributed by atoms with Gasteiger partial charge in [0.15, 0.2) is 11.6 Å². The van der Waals surface area contributed by atoms with Crippen LogP contribution in [0.3, 0.4) is 0 Å². The van der Waals surface area contributed by atoms with Crippen LogP contribution in [0.5, 0.6) is 11.5 Å². The number of nitrogens with zero attached hydrogens (tertiary/aromatic N) is 1. The van der Waals surface area contributed by atoms with E-state index in [2.05, 4.69) is 0 Å². The van der Waals surface area contributed by atoms with Gasteiger partial charge >= 0.3 is 0 Å². The molecule has 1 heterocycles. The first-order valence-electron chi connectivity index (χ1n) is 10.1. The lowest BCUT2D eigenvalue weighted by molar-refractivity contribution is -0.114. The molecule has 0 saturated carbocycles. The van der Waals surface area contributed by atoms with E-state index in [0.717, 1.165) is 12.1 Å². The van der Waals surface area contributed by atoms with E-state index >= 15 is 0 Å². The Labute approximate surface area is 207 Å². The predicted molar refractivity (Wildman–Crippen MR) is 125 cm³/mol. The molecule has 0 spiro atoms. The van der Waals surface area contributed by atoms with Crippen LogP contribution in [-0.2, 0) is 21.9 Å². The van der Waals surface area contributed by atoms with E-state index in [-0.39, 0.29) is 22.9 Å². The van der Waals surface area contributed by atoms with Crippen molar-refractivity contribution in [1.29, 1.82) is 0 Å². The van der Waals surface area contributed by atoms with Crippen LogP contribution in [0.1, 0.15) is 5.56 Å². The van der Waals surface area contributed by atoms with Crippen LogP contribution in [0.25, 0.3) is 17.0 Å². The number of hydrogen-bond acceptors (Lipinski definition) is 4. The monoisotopic (exact) mass is 538 g/mol. The Hall–Kier alpha value is -3.83. The second-order valence-corrected chi connectivity index (χ2v) is 9.58. The number of hydrogen-bond donors (Lipinski definition) is 1. The van der Waals surface area contributed by atoms with E-state index in [1.54, 1.807) is 40.7 Å². The molecular weight excluding hydrogens is 524 g/mol. The van der Waals surface area contributed by atoms with Gasteiger partial charge in [0.25, 0.3) is 15.9 Å². The van der Waals surface area contributed by atoms with Crippen molar-refractivity contribution < 1.29 is 35.5 Å². The highest BCUT2D eigenvalue weighted by molar-refractivity contribution is 7.90. The lowest BCUT2D eigenvalue weighted by atomic mass is 10.1. The number of aryl methyl sites for hydroxylation is 1. The molecule has 1 N–H and O–H groups in total. The third kappa shape index (κ3) is 5.07. The highest BCUT2D eigenvalue weighted by Gasteiger charge is 2.23. The van der Waals surface area contributed by atoms with Gasteiger partial charge in [-0.2, -0.15) is 0 Å². The van der Waals surface area contributed by atoms with E-state index in [0.29, 0.717) is 22.2 Å². The largest absolute Gasteiger partial charge is 0.455 e. The molecule has 0 aliphatic carbocycles. The van der Waals surface area contributed by atoms with Gasteiger partial charge in [0.05, 0.1) is 10.5 Å². The van der Waals surface area contributed by atoms with Gasteiger partial charge in [0.1, 0.15) is 28.0 Å². The summed E-state index contributed by atoms with van der Waals surface area (Å²) in [5.41, 5.74) is 1.12. The van der Waals surface area contributed by atoms with Gasteiger partial charge in [0.2, 0.25) is 0 Å². The van der Waals surface area contributed by atoms with Crippen molar-refractivity contribution in [1.82, 2.24) is 9.29 Å². The van der Waals surface area contributed by atoms with Crippen LogP contribution in [0.4, 0.5) is 17.6 Å². The summed E-state index contributed by atoms with van der Waals surface area (Å²) in [6, 6.07) is 8.91. The van der Waals surface area contributed by atoms with Crippen LogP contribution in [0.15, 0.2) is 65.7 Å². The minimum absolute atomic E-state index is 0.0362. The molecule has 0 saturated heterocycles. The average molecular weight is 539 g/mol. The van der Waals surface area contributed by atoms with Gasteiger partial charge in [0, 0.05) is 42.4 Å². The van der Waals surface area contributed by atoms with Crippen LogP contribution in [-0.4, -0.2) is 18.9 Å². The molecule has 3 aromatic carbocycles. The predicted octanol–water partition coefficient (Wildman–Crippen LogP) is 5.70. The van der Waals surface area contributed by atoms with E-state index in [4.69, 9.17) is 16.3 Å². The van der Waals surface area contributed by atoms with Crippen LogP contribution in [0.2, 0.25) is 5.02 Å². The van der Waals surface area contributed by atoms with Crippen LogP contribution >= 0.6 is 11.6 Å². The summed E-state index contributed by atoms with van der Waals surface area (Å²) in [6.45, 7) is 0. The lowest BCUT2D eigenvalue weighted by Crippen LogP contribution is -2.29. The SMILES string of the molecule is Cn1cc(/C=C/C(=O)NS(=O)(=O)c2cc(F)c(F)cc2F)c2c(Oc3ccc(F)cc3Cl)cccc21. The number of ether oxygens (including phenoxy) is 1. The van der Waals surface area contributed by atoms with Gasteiger partial charge in [-0.15, -0.1) is 0 Å². The van der Waals surface area contributed by atoms with Crippen molar-refractivity contribution in [2.45, 2.75) is 4.90 Å². The quantitative estimate of drug-likeness (QED) is 0.194. The first-order valence-corrected chi connectivity index (χ1v) is 11.9. The van der Waals surface area contributed by atoms with Crippen molar-refractivity contribution >= 4 is 44.5 Å². The molecule has 186 valence electrons. The standard InChI is InChI=1S/C24H15ClF4N2O4S/c1-31-12-13(5-8-23(32)30-36(33,34)22-11-17(28)16(27)10-18(22)29)24-19(31)3-2-4-21(24)35-20-7-6-14(26)9-15(20)25/h2-12H,1H3,(H,30,32)/b8-5+. The molecule has 36 heavy (non-hydrogen) atoms. The first-order chi connectivity index (χ1) is 17.0. The molecule has 6 nitrogen and oxygen atoms in total. The lowest BCUT2D eigenvalue weighted by Gasteiger charge is -2.10. The van der Waals surface area contributed by atoms with Gasteiger partial charge in [-0.3, -0.25) is 4.79 Å². The Kier molecular flexibility index (Phi) is 6.79. The maximum atomic E-state index is 13.9. The number of rotatable bonds is 6. The van der Waals surface area contributed by atoms with Crippen molar-refractivity contribution in [2.24, 2.45) is 7.05 Å². The number of halogens is 5. The highest BCUT2D eigenvalue weighted by Crippen LogP contribution is 2.36. The molecule has 4 aromatic rings. The Balaban J connectivity index is 1.64. The fourth-order valence-corrected chi connectivity index (χ4v) is 4.65. The van der Waals surface area contributed by atoms with E-state index < -0.39 is 44.1 Å². The summed E-state index contributed by atoms with van der Waals surface area (Å²) in [7, 11) is -3.11. The minimum atomic E-state index is -4.84. The second kappa shape index (κ2) is 9.67. The molecule has 1 aromatic heterocycles. The Morgan fingerprint density at radius 3 is 2.44 bits per heavy atom. The summed E-state index contributed by atoms with van der Waals surface area (Å²) < 4.78 is 87.6. The van der Waals surface area contributed by atoms with E-state index in [1.807, 2.05) is 0 Å². The number of carbonyl (C=O) groups is 1. The Morgan fingerprint density at radius 1 is 1.00 bits per heavy atom. The van der Waals surface area contributed by atoms with Gasteiger partial charge in [-0.1, -0.05) is 17.7 Å². The van der Waals surface area contributed by atoms with Gasteiger partial charge < -0.3 is 9.30 Å². The molecule has 12 heteroatoms. The number of aromatic nitrogens is 1. The summed E-state index contributed by atoms with van der Waals surface area (Å²) in [5.74, 6) is -5.94. The smallest absolute Gasteiger partial charge is 0.267 e. The number of amides is 1. The zero-order valence-corrected chi connectivity index (χ0v) is 19.8. The average Bonchev–Trinajstić information content (AvgIpc) is 3.13. The molecule has 1 amide bonds. The maximum absolute atomic E-state index is 13.9. The summed E-state index contributed by atoms with van der Waals surface area (Å²) in [6.07, 6.45) is 3.79. The third-order valence-corrected chi connectivity index (χ3v) is 6.69.